The van der Waals surface area contributed by atoms with Gasteiger partial charge in [0.15, 0.2) is 0 Å². The van der Waals surface area contributed by atoms with Crippen LogP contribution in [0.5, 0.6) is 0 Å². The van der Waals surface area contributed by atoms with Crippen molar-refractivity contribution in [3.05, 3.63) is 170 Å². The number of hydrogen-bond donors (Lipinski definition) is 0. The topological polar surface area (TPSA) is 23.0 Å². The molecule has 0 amide bonds. The summed E-state index contributed by atoms with van der Waals surface area (Å²) < 4.78 is 11.9. The lowest BCUT2D eigenvalue weighted by molar-refractivity contribution is 0.673. The molecule has 3 heteroatoms. The zero-order chi connectivity index (χ0) is 33.2. The van der Waals surface area contributed by atoms with Gasteiger partial charge in [-0.05, 0) is 74.8 Å². The van der Waals surface area contributed by atoms with Crippen LogP contribution in [-0.2, 0) is 0 Å². The van der Waals surface area contributed by atoms with Crippen LogP contribution < -0.4 is 0 Å². The fourth-order valence-electron chi connectivity index (χ4n) is 9.03. The highest BCUT2D eigenvalue weighted by molar-refractivity contribution is 6.39. The van der Waals surface area contributed by atoms with Crippen molar-refractivity contribution in [2.45, 2.75) is 0 Å². The molecule has 0 fully saturated rings. The van der Waals surface area contributed by atoms with Gasteiger partial charge in [0.25, 0.3) is 0 Å². The van der Waals surface area contributed by atoms with E-state index in [1.54, 1.807) is 0 Å². The van der Waals surface area contributed by atoms with E-state index in [0.717, 1.165) is 55.2 Å². The quantitative estimate of drug-likeness (QED) is 0.171. The number of furan rings is 1. The minimum absolute atomic E-state index is 0.895. The van der Waals surface area contributed by atoms with E-state index in [2.05, 4.69) is 179 Å². The maximum absolute atomic E-state index is 6.97. The Kier molecular flexibility index (Phi) is 5.23. The second-order valence-corrected chi connectivity index (χ2v) is 13.6. The predicted molar refractivity (Wildman–Crippen MR) is 215 cm³/mol. The Labute approximate surface area is 291 Å². The second-order valence-electron chi connectivity index (χ2n) is 13.6. The summed E-state index contributed by atoms with van der Waals surface area (Å²) >= 11 is 0. The number of aromatic nitrogens is 2. The molecule has 51 heavy (non-hydrogen) atoms. The average molecular weight is 649 g/mol. The molecular formula is C48H28N2O. The third-order valence-electron chi connectivity index (χ3n) is 11.0. The van der Waals surface area contributed by atoms with E-state index in [1.807, 2.05) is 0 Å². The minimum atomic E-state index is 0.895. The van der Waals surface area contributed by atoms with Gasteiger partial charge in [-0.15, -0.1) is 0 Å². The molecule has 0 atom stereocenters. The molecule has 3 heterocycles. The molecule has 0 saturated carbocycles. The molecular weight excluding hydrogens is 621 g/mol. The molecule has 12 rings (SSSR count). The van der Waals surface area contributed by atoms with Crippen molar-refractivity contribution in [2.24, 2.45) is 0 Å². The van der Waals surface area contributed by atoms with Gasteiger partial charge in [0.2, 0.25) is 0 Å². The normalized spacial score (nSPS) is 12.3. The van der Waals surface area contributed by atoms with Crippen LogP contribution in [0.4, 0.5) is 0 Å². The van der Waals surface area contributed by atoms with Gasteiger partial charge in [0.05, 0.1) is 32.8 Å². The standard InChI is InChI=1S/C48H28N2O/c1-2-14-29(15-3-1)49-40-23-11-8-20-36(40)43-46-44(48-45(47(43)49)38-22-10-13-25-42(38)51-48)37-21-9-12-24-41(37)50(46)30-26-27-35-33-18-5-4-16-31(33)32-17-6-7-19-34(32)39(35)28-30/h1-28H. The molecule has 0 N–H and O–H groups in total. The molecule has 0 aliphatic carbocycles. The van der Waals surface area contributed by atoms with Crippen LogP contribution in [-0.4, -0.2) is 9.13 Å². The second kappa shape index (κ2) is 9.87. The van der Waals surface area contributed by atoms with E-state index in [-0.39, 0.29) is 0 Å². The summed E-state index contributed by atoms with van der Waals surface area (Å²) in [5, 5.41) is 14.6. The van der Waals surface area contributed by atoms with Crippen LogP contribution in [0.2, 0.25) is 0 Å². The lowest BCUT2D eigenvalue weighted by Crippen LogP contribution is -1.96. The van der Waals surface area contributed by atoms with Crippen molar-refractivity contribution in [1.82, 2.24) is 9.13 Å². The first-order valence-corrected chi connectivity index (χ1v) is 17.5. The van der Waals surface area contributed by atoms with Crippen molar-refractivity contribution in [3.63, 3.8) is 0 Å². The predicted octanol–water partition coefficient (Wildman–Crippen LogP) is 13.2. The van der Waals surface area contributed by atoms with E-state index >= 15 is 0 Å². The Morgan fingerprint density at radius 1 is 0.314 bits per heavy atom. The molecule has 3 aromatic heterocycles. The first-order chi connectivity index (χ1) is 25.3. The minimum Gasteiger partial charge on any atom is -0.455 e. The van der Waals surface area contributed by atoms with Crippen LogP contribution in [0.15, 0.2) is 174 Å². The summed E-state index contributed by atoms with van der Waals surface area (Å²) in [4.78, 5) is 0. The Morgan fingerprint density at radius 3 is 1.41 bits per heavy atom. The highest BCUT2D eigenvalue weighted by atomic mass is 16.3. The molecule has 0 aliphatic rings. The van der Waals surface area contributed by atoms with E-state index in [0.29, 0.717) is 0 Å². The Hall–Kier alpha value is -6.84. The third-order valence-corrected chi connectivity index (χ3v) is 11.0. The van der Waals surface area contributed by atoms with Crippen LogP contribution in [0, 0.1) is 0 Å². The van der Waals surface area contributed by atoms with Gasteiger partial charge < -0.3 is 13.6 Å². The summed E-state index contributed by atoms with van der Waals surface area (Å²) in [7, 11) is 0. The van der Waals surface area contributed by atoms with E-state index < -0.39 is 0 Å². The number of nitrogens with zero attached hydrogens (tertiary/aromatic N) is 2. The lowest BCUT2D eigenvalue weighted by atomic mass is 9.94. The van der Waals surface area contributed by atoms with Crippen molar-refractivity contribution >= 4 is 97.9 Å². The number of benzene rings is 9. The first kappa shape index (κ1) is 27.0. The highest BCUT2D eigenvalue weighted by Crippen LogP contribution is 2.49. The summed E-state index contributed by atoms with van der Waals surface area (Å²) in [6.45, 7) is 0. The molecule has 0 spiro atoms. The van der Waals surface area contributed by atoms with Gasteiger partial charge in [0, 0.05) is 32.9 Å². The van der Waals surface area contributed by atoms with Gasteiger partial charge in [-0.25, -0.2) is 0 Å². The fraction of sp³-hybridized carbons (Fsp3) is 0. The maximum atomic E-state index is 6.97. The monoisotopic (exact) mass is 648 g/mol. The Balaban J connectivity index is 1.36. The number of para-hydroxylation sites is 4. The molecule has 0 radical (unpaired) electrons. The van der Waals surface area contributed by atoms with Crippen LogP contribution in [0.25, 0.3) is 109 Å². The highest BCUT2D eigenvalue weighted by Gasteiger charge is 2.27. The molecule has 12 aromatic rings. The smallest absolute Gasteiger partial charge is 0.147 e. The van der Waals surface area contributed by atoms with E-state index in [1.165, 1.54) is 54.0 Å². The van der Waals surface area contributed by atoms with Crippen molar-refractivity contribution in [2.75, 3.05) is 0 Å². The van der Waals surface area contributed by atoms with Gasteiger partial charge in [-0.1, -0.05) is 127 Å². The number of hydrogen-bond acceptors (Lipinski definition) is 1. The Bertz CT molecular complexity index is 3380. The zero-order valence-corrected chi connectivity index (χ0v) is 27.5. The first-order valence-electron chi connectivity index (χ1n) is 17.5. The molecule has 0 bridgehead atoms. The largest absolute Gasteiger partial charge is 0.455 e. The molecule has 0 aliphatic heterocycles. The van der Waals surface area contributed by atoms with Crippen molar-refractivity contribution in [1.29, 1.82) is 0 Å². The molecule has 0 unspecified atom stereocenters. The van der Waals surface area contributed by atoms with Crippen LogP contribution in [0.1, 0.15) is 0 Å². The van der Waals surface area contributed by atoms with Crippen LogP contribution >= 0.6 is 0 Å². The SMILES string of the molecule is c1ccc(-n2c3ccccc3c3c4c(c5ccccc5n4-c4ccc5c6ccccc6c6ccccc6c5c4)c4oc5ccccc5c4c32)cc1. The number of fused-ring (bicyclic) bond motifs is 18. The van der Waals surface area contributed by atoms with Gasteiger partial charge in [-0.2, -0.15) is 0 Å². The third kappa shape index (κ3) is 3.47. The molecule has 0 saturated heterocycles. The van der Waals surface area contributed by atoms with E-state index in [4.69, 9.17) is 4.42 Å². The van der Waals surface area contributed by atoms with Gasteiger partial charge in [-0.3, -0.25) is 0 Å². The summed E-state index contributed by atoms with van der Waals surface area (Å²) in [6, 6.07) is 61.6. The summed E-state index contributed by atoms with van der Waals surface area (Å²) in [6.07, 6.45) is 0. The maximum Gasteiger partial charge on any atom is 0.147 e. The van der Waals surface area contributed by atoms with Gasteiger partial charge >= 0.3 is 0 Å². The molecule has 236 valence electrons. The summed E-state index contributed by atoms with van der Waals surface area (Å²) in [5.74, 6) is 0. The molecule has 3 nitrogen and oxygen atoms in total. The van der Waals surface area contributed by atoms with Crippen molar-refractivity contribution < 1.29 is 4.42 Å². The zero-order valence-electron chi connectivity index (χ0n) is 27.5. The summed E-state index contributed by atoms with van der Waals surface area (Å²) in [5.41, 5.74) is 8.72. The lowest BCUT2D eigenvalue weighted by Gasteiger charge is -2.14. The fourth-order valence-corrected chi connectivity index (χ4v) is 9.03. The van der Waals surface area contributed by atoms with Crippen molar-refractivity contribution in [3.8, 4) is 11.4 Å². The van der Waals surface area contributed by atoms with E-state index in [9.17, 15) is 0 Å². The Morgan fingerprint density at radius 2 is 0.765 bits per heavy atom. The molecule has 9 aromatic carbocycles. The van der Waals surface area contributed by atoms with Crippen LogP contribution in [0.3, 0.4) is 0 Å². The number of rotatable bonds is 2. The van der Waals surface area contributed by atoms with Gasteiger partial charge in [0.1, 0.15) is 11.2 Å². The average Bonchev–Trinajstić information content (AvgIpc) is 3.86.